The van der Waals surface area contributed by atoms with E-state index in [0.29, 0.717) is 29.8 Å². The summed E-state index contributed by atoms with van der Waals surface area (Å²) in [5, 5.41) is 11.6. The molecule has 2 amide bonds. The first-order valence-electron chi connectivity index (χ1n) is 9.10. The van der Waals surface area contributed by atoms with Gasteiger partial charge in [-0.25, -0.2) is 9.18 Å². The van der Waals surface area contributed by atoms with Crippen molar-refractivity contribution in [1.82, 2.24) is 10.2 Å². The first-order valence-corrected chi connectivity index (χ1v) is 9.48. The molecule has 10 heteroatoms. The molecule has 158 valence electrons. The van der Waals surface area contributed by atoms with Crippen LogP contribution in [0.15, 0.2) is 24.3 Å². The molecule has 0 aromatic heterocycles. The molecule has 1 aliphatic heterocycles. The van der Waals surface area contributed by atoms with E-state index in [1.54, 1.807) is 24.3 Å². The van der Waals surface area contributed by atoms with Gasteiger partial charge in [-0.3, -0.25) is 19.3 Å². The van der Waals surface area contributed by atoms with Crippen molar-refractivity contribution in [3.8, 4) is 0 Å². The summed E-state index contributed by atoms with van der Waals surface area (Å²) in [5.41, 5.74) is 0.680. The van der Waals surface area contributed by atoms with Gasteiger partial charge in [0, 0.05) is 11.6 Å². The van der Waals surface area contributed by atoms with Gasteiger partial charge in [0.1, 0.15) is 25.4 Å². The number of Topliss-reactive ketones (excluding diaryl/α,β-unsaturated/α-hetero) is 1. The summed E-state index contributed by atoms with van der Waals surface area (Å²) in [6, 6.07) is 4.36. The van der Waals surface area contributed by atoms with Crippen LogP contribution < -0.4 is 5.32 Å². The number of carbonyl (C=O) groups is 4. The van der Waals surface area contributed by atoms with E-state index in [-0.39, 0.29) is 13.2 Å². The number of likely N-dealkylation sites (tertiary alicyclic amines) is 1. The third-order valence-electron chi connectivity index (χ3n) is 4.51. The van der Waals surface area contributed by atoms with E-state index < -0.39 is 48.9 Å². The van der Waals surface area contributed by atoms with Gasteiger partial charge < -0.3 is 15.2 Å². The van der Waals surface area contributed by atoms with Crippen molar-refractivity contribution < 1.29 is 33.4 Å². The minimum Gasteiger partial charge on any atom is -0.481 e. The molecular formula is C19H22ClFN2O6. The second kappa shape index (κ2) is 10.8. The lowest BCUT2D eigenvalue weighted by Gasteiger charge is -2.34. The second-order valence-corrected chi connectivity index (χ2v) is 7.08. The molecule has 0 saturated carbocycles. The van der Waals surface area contributed by atoms with Crippen molar-refractivity contribution in [2.45, 2.75) is 44.4 Å². The van der Waals surface area contributed by atoms with Crippen molar-refractivity contribution in [3.63, 3.8) is 0 Å². The third-order valence-corrected chi connectivity index (χ3v) is 4.74. The van der Waals surface area contributed by atoms with Gasteiger partial charge in [-0.05, 0) is 37.0 Å². The number of carboxylic acid groups (broad SMARTS) is 1. The molecule has 29 heavy (non-hydrogen) atoms. The molecule has 1 aromatic carbocycles. The predicted octanol–water partition coefficient (Wildman–Crippen LogP) is 2.33. The van der Waals surface area contributed by atoms with Crippen LogP contribution in [0.25, 0.3) is 0 Å². The number of rotatable bonds is 8. The van der Waals surface area contributed by atoms with Crippen LogP contribution in [0.3, 0.4) is 0 Å². The van der Waals surface area contributed by atoms with Gasteiger partial charge >= 0.3 is 12.1 Å². The summed E-state index contributed by atoms with van der Waals surface area (Å²) in [6.07, 6.45) is 0.202. The zero-order valence-electron chi connectivity index (χ0n) is 15.6. The summed E-state index contributed by atoms with van der Waals surface area (Å²) in [7, 11) is 0. The number of halogens is 2. The van der Waals surface area contributed by atoms with E-state index in [9.17, 15) is 23.6 Å². The maximum atomic E-state index is 12.7. The summed E-state index contributed by atoms with van der Waals surface area (Å²) in [5.74, 6) is -3.09. The lowest BCUT2D eigenvalue weighted by Crippen LogP contribution is -2.55. The number of aliphatic carboxylic acids is 1. The van der Waals surface area contributed by atoms with Crippen LogP contribution in [0, 0.1) is 0 Å². The minimum atomic E-state index is -1.49. The molecule has 2 unspecified atom stereocenters. The number of ether oxygens (including phenoxy) is 1. The highest BCUT2D eigenvalue weighted by atomic mass is 35.5. The van der Waals surface area contributed by atoms with E-state index >= 15 is 0 Å². The molecule has 0 radical (unpaired) electrons. The number of nitrogens with one attached hydrogen (secondary N) is 1. The molecule has 1 fully saturated rings. The molecule has 0 aliphatic carbocycles. The van der Waals surface area contributed by atoms with Crippen molar-refractivity contribution >= 4 is 35.4 Å². The van der Waals surface area contributed by atoms with E-state index in [0.717, 1.165) is 0 Å². The molecule has 8 nitrogen and oxygen atoms in total. The largest absolute Gasteiger partial charge is 0.481 e. The smallest absolute Gasteiger partial charge is 0.410 e. The lowest BCUT2D eigenvalue weighted by molar-refractivity contribution is -0.140. The number of piperidine rings is 1. The zero-order valence-corrected chi connectivity index (χ0v) is 16.4. The van der Waals surface area contributed by atoms with Crippen molar-refractivity contribution in [2.24, 2.45) is 0 Å². The monoisotopic (exact) mass is 428 g/mol. The Labute approximate surface area is 172 Å². The molecule has 2 atom stereocenters. The number of amides is 2. The van der Waals surface area contributed by atoms with Gasteiger partial charge in [0.25, 0.3) is 0 Å². The van der Waals surface area contributed by atoms with Gasteiger partial charge in [-0.1, -0.05) is 23.7 Å². The third kappa shape index (κ3) is 6.70. The number of hydrogen-bond acceptors (Lipinski definition) is 5. The lowest BCUT2D eigenvalue weighted by atomic mass is 10.0. The highest BCUT2D eigenvalue weighted by Crippen LogP contribution is 2.20. The Balaban J connectivity index is 2.02. The van der Waals surface area contributed by atoms with E-state index in [2.05, 4.69) is 5.32 Å². The molecule has 1 aliphatic rings. The Morgan fingerprint density at radius 1 is 1.31 bits per heavy atom. The second-order valence-electron chi connectivity index (χ2n) is 6.65. The van der Waals surface area contributed by atoms with Gasteiger partial charge in [0.2, 0.25) is 5.91 Å². The van der Waals surface area contributed by atoms with Gasteiger partial charge in [-0.15, -0.1) is 0 Å². The summed E-state index contributed by atoms with van der Waals surface area (Å²) in [6.45, 7) is -1.16. The number of benzene rings is 1. The fraction of sp³-hybridized carbons (Fsp3) is 0.474. The average Bonchev–Trinajstić information content (AvgIpc) is 2.70. The van der Waals surface area contributed by atoms with Gasteiger partial charge in [0.05, 0.1) is 6.42 Å². The Morgan fingerprint density at radius 3 is 2.72 bits per heavy atom. The minimum absolute atomic E-state index is 0.0355. The van der Waals surface area contributed by atoms with Crippen LogP contribution in [-0.2, 0) is 25.7 Å². The fourth-order valence-electron chi connectivity index (χ4n) is 3.06. The van der Waals surface area contributed by atoms with Gasteiger partial charge in [-0.2, -0.15) is 0 Å². The topological polar surface area (TPSA) is 113 Å². The summed E-state index contributed by atoms with van der Waals surface area (Å²) < 4.78 is 18.0. The predicted molar refractivity (Wildman–Crippen MR) is 101 cm³/mol. The Morgan fingerprint density at radius 2 is 2.07 bits per heavy atom. The highest BCUT2D eigenvalue weighted by Gasteiger charge is 2.35. The first-order chi connectivity index (χ1) is 13.8. The first kappa shape index (κ1) is 22.6. The summed E-state index contributed by atoms with van der Waals surface area (Å²) in [4.78, 5) is 48.8. The van der Waals surface area contributed by atoms with E-state index in [1.807, 2.05) is 0 Å². The fourth-order valence-corrected chi connectivity index (χ4v) is 3.27. The zero-order chi connectivity index (χ0) is 21.4. The molecule has 2 N–H and O–H groups in total. The van der Waals surface area contributed by atoms with Crippen LogP contribution in [0.2, 0.25) is 5.02 Å². The van der Waals surface area contributed by atoms with Gasteiger partial charge in [0.15, 0.2) is 5.78 Å². The molecule has 0 bridgehead atoms. The van der Waals surface area contributed by atoms with Crippen molar-refractivity contribution in [3.05, 3.63) is 34.9 Å². The number of carboxylic acids is 1. The number of nitrogens with zero attached hydrogens (tertiary/aromatic N) is 1. The average molecular weight is 429 g/mol. The molecule has 0 spiro atoms. The van der Waals surface area contributed by atoms with Crippen LogP contribution in [0.5, 0.6) is 0 Å². The maximum Gasteiger partial charge on any atom is 0.410 e. The van der Waals surface area contributed by atoms with Crippen LogP contribution >= 0.6 is 11.6 Å². The van der Waals surface area contributed by atoms with Crippen LogP contribution in [0.4, 0.5) is 9.18 Å². The Bertz CT molecular complexity index is 775. The Hall–Kier alpha value is -2.68. The number of ketones is 1. The van der Waals surface area contributed by atoms with E-state index in [4.69, 9.17) is 21.4 Å². The molecular weight excluding hydrogens is 407 g/mol. The molecule has 2 rings (SSSR count). The van der Waals surface area contributed by atoms with Crippen LogP contribution in [-0.4, -0.2) is 59.1 Å². The standard InChI is InChI=1S/C19H22ClFN2O6/c20-13-5-3-4-12(8-13)11-29-19(28)23-7-2-1-6-15(23)18(27)22-14(9-17(25)26)16(24)10-21/h3-5,8,14-15H,1-2,6-7,9-11H2,(H,22,27)(H,25,26). The quantitative estimate of drug-likeness (QED) is 0.657. The molecule has 1 heterocycles. The Kier molecular flexibility index (Phi) is 8.38. The number of alkyl halides is 1. The number of carbonyl (C=O) groups excluding carboxylic acids is 3. The molecule has 1 saturated heterocycles. The molecule has 1 aromatic rings. The maximum absolute atomic E-state index is 12.7. The SMILES string of the molecule is O=C(O)CC(NC(=O)C1CCCCN1C(=O)OCc1cccc(Cl)c1)C(=O)CF. The van der Waals surface area contributed by atoms with Crippen LogP contribution in [0.1, 0.15) is 31.2 Å². The van der Waals surface area contributed by atoms with Crippen molar-refractivity contribution in [1.29, 1.82) is 0 Å². The normalized spacial score (nSPS) is 17.3. The highest BCUT2D eigenvalue weighted by molar-refractivity contribution is 6.30. The number of hydrogen-bond donors (Lipinski definition) is 2. The summed E-state index contributed by atoms with van der Waals surface area (Å²) >= 11 is 5.90. The van der Waals surface area contributed by atoms with Crippen molar-refractivity contribution in [2.75, 3.05) is 13.2 Å². The van der Waals surface area contributed by atoms with E-state index in [1.165, 1.54) is 4.90 Å².